The molecular weight excluding hydrogens is 421 g/mol. The number of alkyl halides is 3. The number of benzene rings is 1. The lowest BCUT2D eigenvalue weighted by molar-refractivity contribution is -0.137. The predicted octanol–water partition coefficient (Wildman–Crippen LogP) is 3.90. The summed E-state index contributed by atoms with van der Waals surface area (Å²) in [5.74, 6) is 0.0381. The van der Waals surface area contributed by atoms with E-state index in [9.17, 15) is 18.3 Å². The Morgan fingerprint density at radius 2 is 1.88 bits per heavy atom. The number of aromatic hydroxyl groups is 1. The molecule has 3 heterocycles. The third-order valence-electron chi connectivity index (χ3n) is 6.30. The van der Waals surface area contributed by atoms with E-state index in [1.165, 1.54) is 0 Å². The van der Waals surface area contributed by atoms with Crippen LogP contribution in [0.3, 0.4) is 0 Å². The van der Waals surface area contributed by atoms with Crippen LogP contribution in [-0.2, 0) is 17.3 Å². The molecule has 1 aromatic heterocycles. The van der Waals surface area contributed by atoms with Gasteiger partial charge in [-0.25, -0.2) is 0 Å². The number of piperidine rings is 1. The van der Waals surface area contributed by atoms with Crippen molar-refractivity contribution in [1.82, 2.24) is 15.1 Å². The Morgan fingerprint density at radius 3 is 2.53 bits per heavy atom. The van der Waals surface area contributed by atoms with Gasteiger partial charge in [0.25, 0.3) is 0 Å². The highest BCUT2D eigenvalue weighted by atomic mass is 19.4. The van der Waals surface area contributed by atoms with E-state index >= 15 is 0 Å². The molecule has 2 saturated heterocycles. The Labute approximate surface area is 186 Å². The largest absolute Gasteiger partial charge is 0.507 e. The van der Waals surface area contributed by atoms with Crippen LogP contribution in [-0.4, -0.2) is 66.6 Å². The van der Waals surface area contributed by atoms with E-state index in [2.05, 4.69) is 27.0 Å². The molecule has 0 unspecified atom stereocenters. The lowest BCUT2D eigenvalue weighted by atomic mass is 9.92. The van der Waals surface area contributed by atoms with Gasteiger partial charge < -0.3 is 19.6 Å². The molecule has 0 spiro atoms. The van der Waals surface area contributed by atoms with Crippen LogP contribution in [0.25, 0.3) is 11.3 Å². The number of hydrogen-bond donors (Lipinski definition) is 1. The summed E-state index contributed by atoms with van der Waals surface area (Å²) in [4.78, 5) is 4.52. The number of morpholine rings is 1. The van der Waals surface area contributed by atoms with Gasteiger partial charge in [0.2, 0.25) is 0 Å². The van der Waals surface area contributed by atoms with E-state index in [0.29, 0.717) is 43.5 Å². The average Bonchev–Trinajstić information content (AvgIpc) is 2.74. The Morgan fingerprint density at radius 1 is 1.12 bits per heavy atom. The van der Waals surface area contributed by atoms with Crippen molar-refractivity contribution in [3.05, 3.63) is 35.0 Å². The summed E-state index contributed by atoms with van der Waals surface area (Å²) < 4.78 is 44.9. The Bertz CT molecular complexity index is 938. The number of aryl methyl sites for hydroxylation is 1. The molecule has 2 fully saturated rings. The van der Waals surface area contributed by atoms with Crippen molar-refractivity contribution in [2.75, 3.05) is 51.3 Å². The zero-order valence-corrected chi connectivity index (χ0v) is 18.5. The zero-order valence-electron chi connectivity index (χ0n) is 18.5. The molecular formula is C23H29F3N4O2. The smallest absolute Gasteiger partial charge is 0.416 e. The second-order valence-corrected chi connectivity index (χ2v) is 8.82. The van der Waals surface area contributed by atoms with Gasteiger partial charge in [-0.15, -0.1) is 5.10 Å². The second-order valence-electron chi connectivity index (χ2n) is 8.82. The molecule has 0 bridgehead atoms. The second kappa shape index (κ2) is 9.23. The number of hydrogen-bond acceptors (Lipinski definition) is 6. The quantitative estimate of drug-likeness (QED) is 0.763. The standard InChI is InChI=1S/C23H29F3N4O2/c1-15-10-17(23(24,25)26)12-21(31)22(15)19-13-20(30-6-8-32-9-7-30)18(27-28-19)11-16-4-3-5-29(2)14-16/h10,12-13,16,31H,3-9,11,14H2,1-2H3/t16-/m0/s1. The molecule has 6 nitrogen and oxygen atoms in total. The predicted molar refractivity (Wildman–Crippen MR) is 116 cm³/mol. The summed E-state index contributed by atoms with van der Waals surface area (Å²) in [5, 5.41) is 19.3. The van der Waals surface area contributed by atoms with Crippen LogP contribution in [0, 0.1) is 12.8 Å². The number of rotatable bonds is 4. The number of phenolic OH excluding ortho intramolecular Hbond substituents is 1. The summed E-state index contributed by atoms with van der Waals surface area (Å²) in [6.45, 7) is 6.28. The number of halogens is 3. The molecule has 2 aromatic rings. The topological polar surface area (TPSA) is 61.7 Å². The normalized spacial score (nSPS) is 20.5. The van der Waals surface area contributed by atoms with Crippen molar-refractivity contribution in [3.63, 3.8) is 0 Å². The Hall–Kier alpha value is -2.39. The molecule has 0 aliphatic carbocycles. The lowest BCUT2D eigenvalue weighted by Crippen LogP contribution is -2.38. The third-order valence-corrected chi connectivity index (χ3v) is 6.30. The summed E-state index contributed by atoms with van der Waals surface area (Å²) in [6, 6.07) is 3.65. The van der Waals surface area contributed by atoms with E-state index in [-0.39, 0.29) is 5.56 Å². The number of nitrogens with zero attached hydrogens (tertiary/aromatic N) is 4. The molecule has 0 saturated carbocycles. The summed E-state index contributed by atoms with van der Waals surface area (Å²) in [7, 11) is 2.12. The van der Waals surface area contributed by atoms with Crippen molar-refractivity contribution in [2.45, 2.75) is 32.4 Å². The highest BCUT2D eigenvalue weighted by molar-refractivity contribution is 5.74. The molecule has 0 amide bonds. The Balaban J connectivity index is 1.71. The summed E-state index contributed by atoms with van der Waals surface area (Å²) >= 11 is 0. The van der Waals surface area contributed by atoms with Gasteiger partial charge in [-0.05, 0) is 69.5 Å². The van der Waals surface area contributed by atoms with Gasteiger partial charge in [0.05, 0.1) is 35.9 Å². The fourth-order valence-corrected chi connectivity index (χ4v) is 4.73. The van der Waals surface area contributed by atoms with E-state index in [1.54, 1.807) is 6.92 Å². The van der Waals surface area contributed by atoms with Gasteiger partial charge >= 0.3 is 6.18 Å². The van der Waals surface area contributed by atoms with Crippen molar-refractivity contribution in [2.24, 2.45) is 5.92 Å². The minimum Gasteiger partial charge on any atom is -0.507 e. The number of likely N-dealkylation sites (tertiary alicyclic amines) is 1. The first kappa shape index (κ1) is 22.8. The van der Waals surface area contributed by atoms with Crippen molar-refractivity contribution < 1.29 is 23.0 Å². The first-order chi connectivity index (χ1) is 15.2. The first-order valence-electron chi connectivity index (χ1n) is 11.0. The van der Waals surface area contributed by atoms with E-state index in [1.807, 2.05) is 6.07 Å². The van der Waals surface area contributed by atoms with Crippen molar-refractivity contribution in [3.8, 4) is 17.0 Å². The van der Waals surface area contributed by atoms with Crippen LogP contribution in [0.1, 0.15) is 29.7 Å². The molecule has 0 radical (unpaired) electrons. The number of anilines is 1. The molecule has 1 atom stereocenters. The molecule has 174 valence electrons. The highest BCUT2D eigenvalue weighted by Crippen LogP contribution is 2.39. The zero-order chi connectivity index (χ0) is 22.9. The number of ether oxygens (including phenoxy) is 1. The van der Waals surface area contributed by atoms with Crippen LogP contribution in [0.5, 0.6) is 5.75 Å². The maximum Gasteiger partial charge on any atom is 0.416 e. The van der Waals surface area contributed by atoms with Gasteiger partial charge in [0, 0.05) is 25.2 Å². The maximum absolute atomic E-state index is 13.1. The number of phenols is 1. The molecule has 2 aliphatic rings. The maximum atomic E-state index is 13.1. The van der Waals surface area contributed by atoms with Gasteiger partial charge in [0.15, 0.2) is 0 Å². The third kappa shape index (κ3) is 4.99. The molecule has 32 heavy (non-hydrogen) atoms. The van der Waals surface area contributed by atoms with Crippen LogP contribution >= 0.6 is 0 Å². The Kier molecular flexibility index (Phi) is 6.57. The van der Waals surface area contributed by atoms with E-state index < -0.39 is 17.5 Å². The minimum absolute atomic E-state index is 0.281. The summed E-state index contributed by atoms with van der Waals surface area (Å²) in [5.41, 5.74) is 1.89. The van der Waals surface area contributed by atoms with Crippen LogP contribution in [0.15, 0.2) is 18.2 Å². The fourth-order valence-electron chi connectivity index (χ4n) is 4.73. The van der Waals surface area contributed by atoms with Crippen LogP contribution in [0.2, 0.25) is 0 Å². The van der Waals surface area contributed by atoms with Gasteiger partial charge in [-0.2, -0.15) is 18.3 Å². The minimum atomic E-state index is -4.53. The monoisotopic (exact) mass is 450 g/mol. The van der Waals surface area contributed by atoms with Crippen molar-refractivity contribution >= 4 is 5.69 Å². The van der Waals surface area contributed by atoms with Gasteiger partial charge in [-0.3, -0.25) is 0 Å². The fraction of sp³-hybridized carbons (Fsp3) is 0.565. The lowest BCUT2D eigenvalue weighted by Gasteiger charge is -2.33. The molecule has 1 N–H and O–H groups in total. The van der Waals surface area contributed by atoms with Crippen LogP contribution < -0.4 is 4.90 Å². The average molecular weight is 451 g/mol. The molecule has 2 aliphatic heterocycles. The van der Waals surface area contributed by atoms with Gasteiger partial charge in [0.1, 0.15) is 5.75 Å². The molecule has 1 aromatic carbocycles. The molecule has 9 heteroatoms. The van der Waals surface area contributed by atoms with Crippen LogP contribution in [0.4, 0.5) is 18.9 Å². The van der Waals surface area contributed by atoms with Gasteiger partial charge in [-0.1, -0.05) is 0 Å². The van der Waals surface area contributed by atoms with Crippen molar-refractivity contribution in [1.29, 1.82) is 0 Å². The molecule has 4 rings (SSSR count). The number of aromatic nitrogens is 2. The van der Waals surface area contributed by atoms with E-state index in [0.717, 1.165) is 55.9 Å². The highest BCUT2D eigenvalue weighted by Gasteiger charge is 2.32. The SMILES string of the molecule is Cc1cc(C(F)(F)F)cc(O)c1-c1cc(N2CCOCC2)c(C[C@@H]2CCCN(C)C2)nn1. The first-order valence-corrected chi connectivity index (χ1v) is 11.0. The summed E-state index contributed by atoms with van der Waals surface area (Å²) in [6.07, 6.45) is -1.45. The van der Waals surface area contributed by atoms with E-state index in [4.69, 9.17) is 4.74 Å².